The summed E-state index contributed by atoms with van der Waals surface area (Å²) in [4.78, 5) is 22.1. The monoisotopic (exact) mass is 466 g/mol. The Kier molecular flexibility index (Phi) is 7.71. The lowest BCUT2D eigenvalue weighted by molar-refractivity contribution is -0.164. The number of cyclic esters (lactones) is 1. The second kappa shape index (κ2) is 9.53. The van der Waals surface area contributed by atoms with Crippen LogP contribution >= 0.6 is 30.6 Å². The fourth-order valence-corrected chi connectivity index (χ4v) is 3.40. The van der Waals surface area contributed by atoms with Gasteiger partial charge in [-0.3, -0.25) is 4.79 Å². The van der Waals surface area contributed by atoms with E-state index < -0.39 is 8.03 Å². The van der Waals surface area contributed by atoms with E-state index in [4.69, 9.17) is 14.2 Å². The molecular formula is C16H20IO6P. The summed E-state index contributed by atoms with van der Waals surface area (Å²) < 4.78 is 28.4. The van der Waals surface area contributed by atoms with E-state index in [1.165, 1.54) is 0 Å². The van der Waals surface area contributed by atoms with Gasteiger partial charge in [0.05, 0.1) is 16.8 Å². The highest BCUT2D eigenvalue weighted by Gasteiger charge is 2.28. The number of benzene rings is 1. The fraction of sp³-hybridized carbons (Fsp3) is 0.562. The van der Waals surface area contributed by atoms with Crippen LogP contribution in [0.2, 0.25) is 0 Å². The minimum atomic E-state index is -2.40. The summed E-state index contributed by atoms with van der Waals surface area (Å²) in [5, 5.41) is 0. The number of hydrogen-bond donors (Lipinski definition) is 0. The van der Waals surface area contributed by atoms with Crippen LogP contribution in [0.15, 0.2) is 12.1 Å². The van der Waals surface area contributed by atoms with Crippen molar-refractivity contribution < 1.29 is 28.5 Å². The van der Waals surface area contributed by atoms with Gasteiger partial charge in [-0.05, 0) is 41.5 Å². The molecule has 1 aromatic rings. The van der Waals surface area contributed by atoms with Crippen LogP contribution in [0, 0.1) is 3.57 Å². The Bertz CT molecular complexity index is 606. The molecule has 2 atom stereocenters. The largest absolute Gasteiger partial charge is 0.596 e. The van der Waals surface area contributed by atoms with Crippen LogP contribution in [-0.2, 0) is 14.1 Å². The second-order valence-corrected chi connectivity index (χ2v) is 7.72. The van der Waals surface area contributed by atoms with Crippen molar-refractivity contribution in [2.24, 2.45) is 0 Å². The second-order valence-electron chi connectivity index (χ2n) is 5.44. The maximum Gasteiger partial charge on any atom is 0.308 e. The van der Waals surface area contributed by atoms with Gasteiger partial charge < -0.3 is 19.1 Å². The van der Waals surface area contributed by atoms with Crippen LogP contribution in [-0.4, -0.2) is 25.3 Å². The van der Waals surface area contributed by atoms with Crippen LogP contribution in [0.25, 0.3) is 0 Å². The zero-order valence-electron chi connectivity index (χ0n) is 13.5. The van der Waals surface area contributed by atoms with Crippen LogP contribution in [0.3, 0.4) is 0 Å². The Labute approximate surface area is 155 Å². The van der Waals surface area contributed by atoms with Crippen molar-refractivity contribution in [2.45, 2.75) is 38.7 Å². The summed E-state index contributed by atoms with van der Waals surface area (Å²) >= 11 is 2.19. The van der Waals surface area contributed by atoms with Crippen molar-refractivity contribution in [3.05, 3.63) is 21.3 Å². The summed E-state index contributed by atoms with van der Waals surface area (Å²) in [5.74, 6) is 1.09. The van der Waals surface area contributed by atoms with E-state index in [-0.39, 0.29) is 24.8 Å². The maximum absolute atomic E-state index is 11.4. The van der Waals surface area contributed by atoms with Gasteiger partial charge in [-0.15, -0.1) is 0 Å². The van der Waals surface area contributed by atoms with E-state index in [1.54, 1.807) is 6.07 Å². The Balaban J connectivity index is 2.17. The van der Waals surface area contributed by atoms with Gasteiger partial charge in [-0.25, -0.2) is 0 Å². The van der Waals surface area contributed by atoms with Gasteiger partial charge >= 0.3 is 14.0 Å². The third kappa shape index (κ3) is 5.57. The van der Waals surface area contributed by atoms with Gasteiger partial charge in [0.15, 0.2) is 0 Å². The lowest BCUT2D eigenvalue weighted by Crippen LogP contribution is -2.08. The third-order valence-electron chi connectivity index (χ3n) is 3.50. The number of carbonyl (C=O) groups excluding carboxylic acids is 1. The molecule has 132 valence electrons. The Morgan fingerprint density at radius 1 is 1.33 bits per heavy atom. The average molecular weight is 466 g/mol. The molecule has 1 aliphatic rings. The van der Waals surface area contributed by atoms with E-state index in [1.807, 2.05) is 13.0 Å². The van der Waals surface area contributed by atoms with Crippen LogP contribution in [0.5, 0.6) is 11.5 Å². The zero-order chi connectivity index (χ0) is 17.5. The van der Waals surface area contributed by atoms with E-state index in [0.29, 0.717) is 31.6 Å². The molecule has 1 aliphatic heterocycles. The van der Waals surface area contributed by atoms with Gasteiger partial charge in [0.1, 0.15) is 23.8 Å². The molecule has 0 saturated carbocycles. The third-order valence-corrected chi connectivity index (χ3v) is 5.02. The molecule has 2 rings (SSSR count). The van der Waals surface area contributed by atoms with Gasteiger partial charge in [0, 0.05) is 24.5 Å². The molecule has 6 nitrogen and oxygen atoms in total. The summed E-state index contributed by atoms with van der Waals surface area (Å²) in [7, 11) is -2.40. The summed E-state index contributed by atoms with van der Waals surface area (Å²) in [6.45, 7) is 2.91. The SMILES string of the molecule is CCCOc1cc(OCCC[P+](=O)[O-])c(C2CCC(=O)O2)cc1I. The Hall–Kier alpha value is -0.920. The Morgan fingerprint density at radius 2 is 2.08 bits per heavy atom. The van der Waals surface area contributed by atoms with Gasteiger partial charge in [-0.1, -0.05) is 11.5 Å². The normalized spacial score (nSPS) is 17.5. The summed E-state index contributed by atoms with van der Waals surface area (Å²) in [6.07, 6.45) is 2.09. The predicted molar refractivity (Wildman–Crippen MR) is 95.6 cm³/mol. The first kappa shape index (κ1) is 19.4. The van der Waals surface area contributed by atoms with Crippen molar-refractivity contribution in [3.63, 3.8) is 0 Å². The smallest absolute Gasteiger partial charge is 0.308 e. The van der Waals surface area contributed by atoms with Crippen molar-refractivity contribution in [1.82, 2.24) is 0 Å². The maximum atomic E-state index is 11.4. The first-order chi connectivity index (χ1) is 11.5. The molecule has 0 aliphatic carbocycles. The number of esters is 1. The average Bonchev–Trinajstić information content (AvgIpc) is 2.97. The minimum absolute atomic E-state index is 0.0899. The number of halogens is 1. The fourth-order valence-electron chi connectivity index (χ4n) is 2.37. The molecule has 0 bridgehead atoms. The number of hydrogen-bond acceptors (Lipinski definition) is 6. The topological polar surface area (TPSA) is 84.9 Å². The Morgan fingerprint density at radius 3 is 2.71 bits per heavy atom. The molecule has 0 amide bonds. The highest BCUT2D eigenvalue weighted by Crippen LogP contribution is 2.39. The molecule has 0 spiro atoms. The lowest BCUT2D eigenvalue weighted by Gasteiger charge is -2.18. The van der Waals surface area contributed by atoms with E-state index in [2.05, 4.69) is 22.6 Å². The van der Waals surface area contributed by atoms with Crippen molar-refractivity contribution in [2.75, 3.05) is 19.4 Å². The first-order valence-electron chi connectivity index (χ1n) is 7.91. The molecule has 0 aromatic heterocycles. The summed E-state index contributed by atoms with van der Waals surface area (Å²) in [5.41, 5.74) is 0.806. The minimum Gasteiger partial charge on any atom is -0.596 e. The highest BCUT2D eigenvalue weighted by atomic mass is 127. The van der Waals surface area contributed by atoms with E-state index >= 15 is 0 Å². The van der Waals surface area contributed by atoms with Gasteiger partial charge in [-0.2, -0.15) is 0 Å². The van der Waals surface area contributed by atoms with Crippen LogP contribution < -0.4 is 14.4 Å². The van der Waals surface area contributed by atoms with Crippen molar-refractivity contribution >= 4 is 36.6 Å². The standard InChI is InChI=1S/C16H20IO6P/c1-2-6-21-15-10-14(22-7-3-8-24(19)20)11(9-12(15)17)13-4-5-16(18)23-13/h9-10,13H,2-8H2,1H3. The van der Waals surface area contributed by atoms with Crippen LogP contribution in [0.4, 0.5) is 0 Å². The molecule has 1 aromatic carbocycles. The molecular weight excluding hydrogens is 446 g/mol. The molecule has 1 heterocycles. The molecule has 8 heteroatoms. The molecule has 24 heavy (non-hydrogen) atoms. The lowest BCUT2D eigenvalue weighted by atomic mass is 10.1. The first-order valence-corrected chi connectivity index (χ1v) is 10.4. The van der Waals surface area contributed by atoms with Gasteiger partial charge in [0.2, 0.25) is 0 Å². The van der Waals surface area contributed by atoms with Crippen molar-refractivity contribution in [3.8, 4) is 11.5 Å². The molecule has 2 unspecified atom stereocenters. The predicted octanol–water partition coefficient (Wildman–Crippen LogP) is 3.33. The molecule has 0 N–H and O–H groups in total. The number of carbonyl (C=O) groups is 1. The summed E-state index contributed by atoms with van der Waals surface area (Å²) in [6, 6.07) is 3.72. The quantitative estimate of drug-likeness (QED) is 0.240. The van der Waals surface area contributed by atoms with E-state index in [0.717, 1.165) is 21.3 Å². The molecule has 1 fully saturated rings. The van der Waals surface area contributed by atoms with Gasteiger partial charge in [0.25, 0.3) is 0 Å². The zero-order valence-corrected chi connectivity index (χ0v) is 16.5. The van der Waals surface area contributed by atoms with E-state index in [9.17, 15) is 14.3 Å². The number of rotatable bonds is 9. The molecule has 0 radical (unpaired) electrons. The number of ether oxygens (including phenoxy) is 3. The van der Waals surface area contributed by atoms with Crippen LogP contribution in [0.1, 0.15) is 44.3 Å². The van der Waals surface area contributed by atoms with Crippen molar-refractivity contribution in [1.29, 1.82) is 0 Å². The highest BCUT2D eigenvalue weighted by molar-refractivity contribution is 14.1. The molecule has 1 saturated heterocycles.